The van der Waals surface area contributed by atoms with Gasteiger partial charge in [-0.1, -0.05) is 0 Å². The quantitative estimate of drug-likeness (QED) is 0.148. The second-order valence-electron chi connectivity index (χ2n) is 4.77. The number of amides is 2. The van der Waals surface area contributed by atoms with E-state index in [-0.39, 0.29) is 32.1 Å². The van der Waals surface area contributed by atoms with Gasteiger partial charge in [-0.15, -0.1) is 7.92 Å². The molecule has 12 heteroatoms. The Hall–Kier alpha value is -2.26. The molecule has 144 valence electrons. The number of carboxylic acid groups (broad SMARTS) is 3. The number of aliphatic carboxylic acids is 3. The van der Waals surface area contributed by atoms with Crippen molar-refractivity contribution in [2.45, 2.75) is 32.1 Å². The molecule has 0 aromatic heterocycles. The van der Waals surface area contributed by atoms with Gasteiger partial charge in [-0.3, -0.25) is 29.2 Å². The summed E-state index contributed by atoms with van der Waals surface area (Å²) in [7, 11) is -0.801. The van der Waals surface area contributed by atoms with E-state index >= 15 is 0 Å². The van der Waals surface area contributed by atoms with Crippen LogP contribution in [0, 0.1) is 0 Å². The molecule has 25 heavy (non-hydrogen) atoms. The molecule has 0 unspecified atom stereocenters. The predicted octanol–water partition coefficient (Wildman–Crippen LogP) is -0.350. The Morgan fingerprint density at radius 1 is 0.720 bits per heavy atom. The summed E-state index contributed by atoms with van der Waals surface area (Å²) < 4.78 is 0. The van der Waals surface area contributed by atoms with Crippen LogP contribution >= 0.6 is 7.92 Å². The summed E-state index contributed by atoms with van der Waals surface area (Å²) >= 11 is 0. The third-order valence-electron chi connectivity index (χ3n) is 2.65. The Kier molecular flexibility index (Phi) is 15.3. The van der Waals surface area contributed by atoms with E-state index in [2.05, 4.69) is 0 Å². The second kappa shape index (κ2) is 15.3. The first-order chi connectivity index (χ1) is 11.6. The van der Waals surface area contributed by atoms with E-state index in [9.17, 15) is 24.0 Å². The summed E-state index contributed by atoms with van der Waals surface area (Å²) in [6.07, 6.45) is 1.01. The summed E-state index contributed by atoms with van der Waals surface area (Å²) in [5.41, 5.74) is 6.07. The number of hydroxylamine groups is 1. The molecule has 0 aliphatic carbocycles. The van der Waals surface area contributed by atoms with E-state index in [0.29, 0.717) is 18.5 Å². The molecule has 0 atom stereocenters. The predicted molar refractivity (Wildman–Crippen MR) is 86.6 cm³/mol. The first-order valence-corrected chi connectivity index (χ1v) is 9.07. The largest absolute Gasteiger partial charge is 0.481 e. The molecule has 0 heterocycles. The SMILES string of the molecule is NC(=O)CCC(=O)NO.O=C(O)CCP(CCC(=O)O)CCC(=O)O. The maximum atomic E-state index is 10.4. The number of hydrogen-bond acceptors (Lipinski definition) is 6. The molecule has 0 aliphatic rings. The van der Waals surface area contributed by atoms with Gasteiger partial charge in [-0.2, -0.15) is 0 Å². The van der Waals surface area contributed by atoms with Gasteiger partial charge in [-0.05, 0) is 18.5 Å². The zero-order valence-electron chi connectivity index (χ0n) is 13.5. The van der Waals surface area contributed by atoms with Gasteiger partial charge >= 0.3 is 17.9 Å². The molecule has 0 radical (unpaired) electrons. The first kappa shape index (κ1) is 25.0. The number of primary amides is 1. The summed E-state index contributed by atoms with van der Waals surface area (Å²) in [5, 5.41) is 33.4. The summed E-state index contributed by atoms with van der Waals surface area (Å²) in [6.45, 7) is 0. The highest BCUT2D eigenvalue weighted by molar-refractivity contribution is 7.57. The molecular weight excluding hydrogens is 359 g/mol. The van der Waals surface area contributed by atoms with Crippen LogP contribution in [0.5, 0.6) is 0 Å². The lowest BCUT2D eigenvalue weighted by atomic mass is 10.3. The highest BCUT2D eigenvalue weighted by Crippen LogP contribution is 2.37. The van der Waals surface area contributed by atoms with Crippen LogP contribution in [0.2, 0.25) is 0 Å². The molecule has 0 saturated carbocycles. The van der Waals surface area contributed by atoms with E-state index < -0.39 is 37.6 Å². The van der Waals surface area contributed by atoms with E-state index in [1.165, 1.54) is 5.48 Å². The van der Waals surface area contributed by atoms with Crippen molar-refractivity contribution in [1.82, 2.24) is 5.48 Å². The standard InChI is InChI=1S/C9H15O6P.C4H8N2O3/c10-7(11)1-4-16(5-2-8(12)13)6-3-9(14)15;5-3(7)1-2-4(8)6-9/h1-6H2,(H,10,11)(H,12,13)(H,14,15);9H,1-2H2,(H2,5,7)(H,6,8). The zero-order valence-corrected chi connectivity index (χ0v) is 14.4. The molecule has 0 aromatic carbocycles. The van der Waals surface area contributed by atoms with Gasteiger partial charge in [0.15, 0.2) is 0 Å². The Labute approximate surface area is 144 Å². The molecule has 0 aromatic rings. The van der Waals surface area contributed by atoms with Crippen LogP contribution in [0.4, 0.5) is 0 Å². The first-order valence-electron chi connectivity index (χ1n) is 7.17. The van der Waals surface area contributed by atoms with Gasteiger partial charge in [0.1, 0.15) is 0 Å². The van der Waals surface area contributed by atoms with Gasteiger partial charge in [-0.25, -0.2) is 5.48 Å². The third-order valence-corrected chi connectivity index (χ3v) is 5.22. The van der Waals surface area contributed by atoms with Crippen molar-refractivity contribution >= 4 is 37.6 Å². The number of carbonyl (C=O) groups excluding carboxylic acids is 2. The molecule has 0 rings (SSSR count). The van der Waals surface area contributed by atoms with Crippen LogP contribution < -0.4 is 11.2 Å². The van der Waals surface area contributed by atoms with Crippen molar-refractivity contribution < 1.29 is 44.5 Å². The van der Waals surface area contributed by atoms with Crippen molar-refractivity contribution in [3.8, 4) is 0 Å². The lowest BCUT2D eigenvalue weighted by molar-refractivity contribution is -0.137. The Balaban J connectivity index is 0. The fraction of sp³-hybridized carbons (Fsp3) is 0.615. The van der Waals surface area contributed by atoms with Crippen LogP contribution in [-0.4, -0.2) is 68.7 Å². The summed E-state index contributed by atoms with van der Waals surface area (Å²) in [4.78, 5) is 51.2. The third kappa shape index (κ3) is 21.7. The second-order valence-corrected chi connectivity index (χ2v) is 7.46. The highest BCUT2D eigenvalue weighted by atomic mass is 31.1. The van der Waals surface area contributed by atoms with Crippen LogP contribution in [0.25, 0.3) is 0 Å². The lowest BCUT2D eigenvalue weighted by Gasteiger charge is -2.14. The monoisotopic (exact) mass is 382 g/mol. The van der Waals surface area contributed by atoms with Crippen molar-refractivity contribution in [2.75, 3.05) is 18.5 Å². The van der Waals surface area contributed by atoms with Crippen LogP contribution in [0.15, 0.2) is 0 Å². The van der Waals surface area contributed by atoms with Crippen LogP contribution in [0.3, 0.4) is 0 Å². The Morgan fingerprint density at radius 2 is 1.08 bits per heavy atom. The minimum atomic E-state index is -0.932. The normalized spacial score (nSPS) is 9.68. The van der Waals surface area contributed by atoms with Gasteiger partial charge in [0.05, 0.1) is 0 Å². The summed E-state index contributed by atoms with van der Waals surface area (Å²) in [5.74, 6) is -3.96. The van der Waals surface area contributed by atoms with Crippen molar-refractivity contribution in [3.05, 3.63) is 0 Å². The number of rotatable bonds is 12. The topological polar surface area (TPSA) is 204 Å². The number of hydrogen-bond donors (Lipinski definition) is 6. The van der Waals surface area contributed by atoms with Gasteiger partial charge in [0.2, 0.25) is 11.8 Å². The van der Waals surface area contributed by atoms with Crippen LogP contribution in [-0.2, 0) is 24.0 Å². The van der Waals surface area contributed by atoms with Crippen molar-refractivity contribution in [2.24, 2.45) is 5.73 Å². The lowest BCUT2D eigenvalue weighted by Crippen LogP contribution is -2.21. The summed E-state index contributed by atoms with van der Waals surface area (Å²) in [6, 6.07) is 0. The number of nitrogens with two attached hydrogens (primary N) is 1. The van der Waals surface area contributed by atoms with E-state index in [1.54, 1.807) is 0 Å². The smallest absolute Gasteiger partial charge is 0.303 e. The highest BCUT2D eigenvalue weighted by Gasteiger charge is 2.13. The molecule has 0 bridgehead atoms. The molecule has 11 nitrogen and oxygen atoms in total. The van der Waals surface area contributed by atoms with E-state index in [4.69, 9.17) is 26.3 Å². The minimum Gasteiger partial charge on any atom is -0.481 e. The average Bonchev–Trinajstić information content (AvgIpc) is 2.51. The van der Waals surface area contributed by atoms with Gasteiger partial charge in [0.25, 0.3) is 0 Å². The molecule has 0 aliphatic heterocycles. The molecule has 2 amide bonds. The fourth-order valence-corrected chi connectivity index (χ4v) is 3.58. The van der Waals surface area contributed by atoms with Crippen molar-refractivity contribution in [1.29, 1.82) is 0 Å². The maximum Gasteiger partial charge on any atom is 0.303 e. The number of nitrogens with one attached hydrogen (secondary N) is 1. The van der Waals surface area contributed by atoms with Gasteiger partial charge in [0, 0.05) is 32.1 Å². The van der Waals surface area contributed by atoms with E-state index in [0.717, 1.165) is 0 Å². The van der Waals surface area contributed by atoms with Gasteiger partial charge < -0.3 is 21.1 Å². The van der Waals surface area contributed by atoms with Crippen molar-refractivity contribution in [3.63, 3.8) is 0 Å². The Bertz CT molecular complexity index is 428. The number of carboxylic acids is 3. The molecular formula is C13H23N2O9P. The molecule has 0 fully saturated rings. The Morgan fingerprint density at radius 3 is 1.32 bits per heavy atom. The zero-order chi connectivity index (χ0) is 19.8. The maximum absolute atomic E-state index is 10.4. The molecule has 7 N–H and O–H groups in total. The van der Waals surface area contributed by atoms with E-state index in [1.807, 2.05) is 0 Å². The fourth-order valence-electron chi connectivity index (χ4n) is 1.39. The molecule has 0 spiro atoms. The minimum absolute atomic E-state index is 0.0229. The van der Waals surface area contributed by atoms with Crippen LogP contribution in [0.1, 0.15) is 32.1 Å². The molecule has 0 saturated heterocycles. The number of carbonyl (C=O) groups is 5. The average molecular weight is 382 g/mol.